The lowest BCUT2D eigenvalue weighted by atomic mass is 9.89. The number of anilines is 1. The highest BCUT2D eigenvalue weighted by molar-refractivity contribution is 5.80. The maximum atomic E-state index is 9.35. The molecule has 0 fully saturated rings. The first-order valence-electron chi connectivity index (χ1n) is 7.56. The zero-order valence-electron chi connectivity index (χ0n) is 13.9. The molecule has 0 saturated heterocycles. The molecule has 0 amide bonds. The normalized spacial score (nSPS) is 14.7. The van der Waals surface area contributed by atoms with Gasteiger partial charge in [0.2, 0.25) is 0 Å². The Kier molecular flexibility index (Phi) is 3.45. The van der Waals surface area contributed by atoms with Gasteiger partial charge in [-0.25, -0.2) is 0 Å². The van der Waals surface area contributed by atoms with Gasteiger partial charge in [-0.15, -0.1) is 0 Å². The minimum absolute atomic E-state index is 0.272. The van der Waals surface area contributed by atoms with Gasteiger partial charge in [0.15, 0.2) is 11.5 Å². The summed E-state index contributed by atoms with van der Waals surface area (Å²) < 4.78 is 11.5. The van der Waals surface area contributed by atoms with Crippen LogP contribution in [0.2, 0.25) is 0 Å². The lowest BCUT2D eigenvalue weighted by Gasteiger charge is -2.17. The van der Waals surface area contributed by atoms with E-state index in [1.54, 1.807) is 13.2 Å². The summed E-state index contributed by atoms with van der Waals surface area (Å²) in [6.45, 7) is 6.06. The zero-order chi connectivity index (χ0) is 16.8. The molecule has 0 unspecified atom stereocenters. The highest BCUT2D eigenvalue weighted by Gasteiger charge is 2.34. The topological polar surface area (TPSA) is 68.3 Å². The second kappa shape index (κ2) is 5.20. The fraction of sp³-hybridized carbons (Fsp3) is 0.316. The summed E-state index contributed by atoms with van der Waals surface area (Å²) in [5, 5.41) is 9.35. The van der Waals surface area contributed by atoms with E-state index in [1.165, 1.54) is 0 Å². The molecule has 0 bridgehead atoms. The van der Waals surface area contributed by atoms with Crippen molar-refractivity contribution in [3.63, 3.8) is 0 Å². The van der Waals surface area contributed by atoms with Gasteiger partial charge in [0.1, 0.15) is 11.7 Å². The van der Waals surface area contributed by atoms with Crippen molar-refractivity contribution < 1.29 is 9.47 Å². The molecule has 0 aromatic heterocycles. The van der Waals surface area contributed by atoms with Crippen LogP contribution in [0.25, 0.3) is 11.1 Å². The van der Waals surface area contributed by atoms with Gasteiger partial charge in [0.25, 0.3) is 0 Å². The minimum atomic E-state index is -0.272. The van der Waals surface area contributed by atoms with Crippen molar-refractivity contribution in [2.24, 2.45) is 0 Å². The van der Waals surface area contributed by atoms with Gasteiger partial charge in [0.05, 0.1) is 12.7 Å². The van der Waals surface area contributed by atoms with Crippen LogP contribution >= 0.6 is 0 Å². The molecule has 0 saturated carbocycles. The van der Waals surface area contributed by atoms with E-state index in [-0.39, 0.29) is 5.60 Å². The van der Waals surface area contributed by atoms with E-state index in [2.05, 4.69) is 19.9 Å². The Hall–Kier alpha value is -2.67. The average molecular weight is 308 g/mol. The number of rotatable bonds is 2. The third-order valence-corrected chi connectivity index (χ3v) is 4.32. The van der Waals surface area contributed by atoms with Gasteiger partial charge in [0, 0.05) is 17.7 Å². The molecule has 1 heterocycles. The summed E-state index contributed by atoms with van der Waals surface area (Å²) in [6.07, 6.45) is 0.792. The predicted molar refractivity (Wildman–Crippen MR) is 90.7 cm³/mol. The second-order valence-electron chi connectivity index (χ2n) is 6.48. The third-order valence-electron chi connectivity index (χ3n) is 4.32. The summed E-state index contributed by atoms with van der Waals surface area (Å²) >= 11 is 0. The number of nitrogen functional groups attached to an aromatic ring is 1. The van der Waals surface area contributed by atoms with Crippen LogP contribution < -0.4 is 15.2 Å². The van der Waals surface area contributed by atoms with Crippen molar-refractivity contribution >= 4 is 5.69 Å². The Morgan fingerprint density at radius 1 is 1.22 bits per heavy atom. The van der Waals surface area contributed by atoms with E-state index >= 15 is 0 Å². The van der Waals surface area contributed by atoms with Crippen LogP contribution in [0.1, 0.15) is 30.5 Å². The van der Waals surface area contributed by atoms with Crippen LogP contribution in [-0.2, 0) is 6.42 Å². The molecule has 2 N–H and O–H groups in total. The fourth-order valence-corrected chi connectivity index (χ4v) is 3.22. The fourth-order valence-electron chi connectivity index (χ4n) is 3.22. The van der Waals surface area contributed by atoms with E-state index in [4.69, 9.17) is 15.2 Å². The maximum Gasteiger partial charge on any atom is 0.165 e. The van der Waals surface area contributed by atoms with Gasteiger partial charge in [-0.3, -0.25) is 0 Å². The number of fused-ring (bicyclic) bond motifs is 1. The molecule has 2 aromatic carbocycles. The van der Waals surface area contributed by atoms with Crippen LogP contribution in [0.4, 0.5) is 5.69 Å². The first-order valence-corrected chi connectivity index (χ1v) is 7.56. The summed E-state index contributed by atoms with van der Waals surface area (Å²) in [5.74, 6) is 1.53. The average Bonchev–Trinajstić information content (AvgIpc) is 2.82. The molecule has 0 spiro atoms. The molecular weight excluding hydrogens is 288 g/mol. The van der Waals surface area contributed by atoms with Crippen LogP contribution in [0.5, 0.6) is 11.5 Å². The van der Waals surface area contributed by atoms with Crippen molar-refractivity contribution in [2.75, 3.05) is 12.8 Å². The number of hydrogen-bond acceptors (Lipinski definition) is 4. The van der Waals surface area contributed by atoms with Crippen LogP contribution in [-0.4, -0.2) is 12.7 Å². The maximum absolute atomic E-state index is 9.35. The van der Waals surface area contributed by atoms with Gasteiger partial charge < -0.3 is 15.2 Å². The number of nitriles is 1. The molecule has 23 heavy (non-hydrogen) atoms. The third kappa shape index (κ3) is 2.39. The number of nitrogens with two attached hydrogens (primary N) is 1. The molecule has 0 atom stereocenters. The Balaban J connectivity index is 2.25. The number of methoxy groups -OCH3 is 1. The lowest BCUT2D eigenvalue weighted by molar-refractivity contribution is 0.134. The van der Waals surface area contributed by atoms with Gasteiger partial charge in [-0.2, -0.15) is 5.26 Å². The van der Waals surface area contributed by atoms with E-state index in [0.29, 0.717) is 11.3 Å². The van der Waals surface area contributed by atoms with Crippen molar-refractivity contribution in [1.29, 1.82) is 5.26 Å². The number of ether oxygens (including phenoxy) is 2. The lowest BCUT2D eigenvalue weighted by Crippen LogP contribution is -2.24. The summed E-state index contributed by atoms with van der Waals surface area (Å²) in [5.41, 5.74) is 10.8. The zero-order valence-corrected chi connectivity index (χ0v) is 13.9. The predicted octanol–water partition coefficient (Wildman–Crippen LogP) is 3.84. The Morgan fingerprint density at radius 2 is 1.91 bits per heavy atom. The number of hydrogen-bond donors (Lipinski definition) is 1. The molecule has 1 aliphatic rings. The van der Waals surface area contributed by atoms with Gasteiger partial charge in [-0.1, -0.05) is 12.1 Å². The molecule has 4 heteroatoms. The quantitative estimate of drug-likeness (QED) is 0.856. The molecule has 3 rings (SSSR count). The number of nitrogens with zero attached hydrogens (tertiary/aromatic N) is 1. The van der Waals surface area contributed by atoms with Gasteiger partial charge >= 0.3 is 0 Å². The number of benzene rings is 2. The van der Waals surface area contributed by atoms with Crippen LogP contribution in [0.3, 0.4) is 0 Å². The van der Waals surface area contributed by atoms with E-state index in [1.807, 2.05) is 25.1 Å². The highest BCUT2D eigenvalue weighted by Crippen LogP contribution is 2.47. The molecule has 2 aromatic rings. The van der Waals surface area contributed by atoms with Crippen molar-refractivity contribution in [1.82, 2.24) is 0 Å². The molecule has 4 nitrogen and oxygen atoms in total. The van der Waals surface area contributed by atoms with E-state index in [9.17, 15) is 5.26 Å². The van der Waals surface area contributed by atoms with Crippen molar-refractivity contribution in [3.8, 4) is 28.7 Å². The Morgan fingerprint density at radius 3 is 2.57 bits per heavy atom. The summed E-state index contributed by atoms with van der Waals surface area (Å²) in [6, 6.07) is 9.90. The van der Waals surface area contributed by atoms with Gasteiger partial charge in [-0.05, 0) is 49.6 Å². The molecule has 0 aliphatic carbocycles. The monoisotopic (exact) mass is 308 g/mol. The molecule has 0 radical (unpaired) electrons. The summed E-state index contributed by atoms with van der Waals surface area (Å²) in [4.78, 5) is 0. The van der Waals surface area contributed by atoms with Crippen LogP contribution in [0.15, 0.2) is 24.3 Å². The van der Waals surface area contributed by atoms with Crippen LogP contribution in [0, 0.1) is 18.3 Å². The molecule has 118 valence electrons. The highest BCUT2D eigenvalue weighted by atomic mass is 16.5. The SMILES string of the molecule is COc1ccc(-c2ccc(N)c(C#N)c2C)c2c1OC(C)(C)C2. The second-order valence-corrected chi connectivity index (χ2v) is 6.48. The first kappa shape index (κ1) is 15.2. The van der Waals surface area contributed by atoms with Crippen molar-refractivity contribution in [2.45, 2.75) is 32.8 Å². The van der Waals surface area contributed by atoms with E-state index in [0.717, 1.165) is 40.2 Å². The Bertz CT molecular complexity index is 832. The summed E-state index contributed by atoms with van der Waals surface area (Å²) in [7, 11) is 1.65. The molecule has 1 aliphatic heterocycles. The minimum Gasteiger partial charge on any atom is -0.493 e. The van der Waals surface area contributed by atoms with Crippen molar-refractivity contribution in [3.05, 3.63) is 41.0 Å². The standard InChI is InChI=1S/C19H20N2O2/c1-11-12(5-7-16(21)15(11)10-20)13-6-8-17(22-4)18-14(13)9-19(2,3)23-18/h5-8H,9,21H2,1-4H3. The van der Waals surface area contributed by atoms with E-state index < -0.39 is 0 Å². The Labute approximate surface area is 136 Å². The molecular formula is C19H20N2O2. The largest absolute Gasteiger partial charge is 0.493 e. The first-order chi connectivity index (χ1) is 10.9. The smallest absolute Gasteiger partial charge is 0.165 e.